The van der Waals surface area contributed by atoms with Crippen LogP contribution in [0.5, 0.6) is 5.75 Å². The molecule has 0 heterocycles. The summed E-state index contributed by atoms with van der Waals surface area (Å²) in [6.07, 6.45) is -3.62. The van der Waals surface area contributed by atoms with Gasteiger partial charge >= 0.3 is 6.18 Å². The number of amides is 1. The molecule has 2 aromatic rings. The Morgan fingerprint density at radius 3 is 2.07 bits per heavy atom. The quantitative estimate of drug-likeness (QED) is 0.734. The van der Waals surface area contributed by atoms with Gasteiger partial charge < -0.3 is 15.8 Å². The molecular weight excluding hydrogens is 357 g/mol. The monoisotopic (exact) mass is 380 g/mol. The van der Waals surface area contributed by atoms with Gasteiger partial charge in [-0.1, -0.05) is 24.3 Å². The first-order valence-corrected chi connectivity index (χ1v) is 8.51. The number of hydrogen-bond acceptors (Lipinski definition) is 3. The number of alkyl halides is 3. The predicted octanol–water partition coefficient (Wildman–Crippen LogP) is 3.68. The van der Waals surface area contributed by atoms with Crippen molar-refractivity contribution in [3.8, 4) is 5.75 Å². The lowest BCUT2D eigenvalue weighted by molar-refractivity contribution is -0.137. The fourth-order valence-corrected chi connectivity index (χ4v) is 2.32. The van der Waals surface area contributed by atoms with Crippen molar-refractivity contribution in [2.45, 2.75) is 38.6 Å². The average molecular weight is 380 g/mol. The van der Waals surface area contributed by atoms with E-state index < -0.39 is 23.2 Å². The summed E-state index contributed by atoms with van der Waals surface area (Å²) in [6.45, 7) is 4.24. The van der Waals surface area contributed by atoms with E-state index >= 15 is 0 Å². The smallest absolute Gasteiger partial charge is 0.416 e. The van der Waals surface area contributed by atoms with Crippen LogP contribution < -0.4 is 15.8 Å². The molecule has 0 aliphatic carbocycles. The molecule has 0 saturated heterocycles. The van der Waals surface area contributed by atoms with Crippen LogP contribution in [-0.2, 0) is 24.0 Å². The molecule has 7 heteroatoms. The van der Waals surface area contributed by atoms with Crippen LogP contribution >= 0.6 is 0 Å². The molecule has 1 amide bonds. The van der Waals surface area contributed by atoms with Gasteiger partial charge in [0.05, 0.1) is 11.1 Å². The third-order valence-electron chi connectivity index (χ3n) is 4.21. The number of ether oxygens (including phenoxy) is 1. The van der Waals surface area contributed by atoms with Gasteiger partial charge in [0, 0.05) is 6.54 Å². The number of hydrogen-bond donors (Lipinski definition) is 2. The number of halogens is 3. The van der Waals surface area contributed by atoms with Crippen molar-refractivity contribution >= 4 is 5.91 Å². The van der Waals surface area contributed by atoms with Crippen LogP contribution in [0.3, 0.4) is 0 Å². The third-order valence-corrected chi connectivity index (χ3v) is 4.21. The van der Waals surface area contributed by atoms with E-state index in [1.807, 2.05) is 12.1 Å². The Hall–Kier alpha value is -2.54. The van der Waals surface area contributed by atoms with Crippen molar-refractivity contribution in [1.29, 1.82) is 0 Å². The Bertz CT molecular complexity index is 754. The number of nitrogens with one attached hydrogen (secondary N) is 1. The molecule has 3 N–H and O–H groups in total. The molecular formula is C20H23F3N2O2. The minimum Gasteiger partial charge on any atom is -0.489 e. The van der Waals surface area contributed by atoms with Gasteiger partial charge in [-0.15, -0.1) is 0 Å². The number of rotatable bonds is 8. The Balaban J connectivity index is 1.83. The molecule has 0 aliphatic rings. The molecule has 0 bridgehead atoms. The number of carbonyl (C=O) groups excluding carboxylic acids is 1. The molecule has 0 fully saturated rings. The van der Waals surface area contributed by atoms with E-state index in [1.165, 1.54) is 12.1 Å². The highest BCUT2D eigenvalue weighted by atomic mass is 19.4. The topological polar surface area (TPSA) is 64.3 Å². The highest BCUT2D eigenvalue weighted by Crippen LogP contribution is 2.29. The molecule has 0 radical (unpaired) electrons. The molecule has 0 saturated carbocycles. The van der Waals surface area contributed by atoms with Gasteiger partial charge in [0.1, 0.15) is 12.4 Å². The summed E-state index contributed by atoms with van der Waals surface area (Å²) in [5.41, 5.74) is 5.59. The van der Waals surface area contributed by atoms with Crippen molar-refractivity contribution in [2.75, 3.05) is 6.54 Å². The summed E-state index contributed by atoms with van der Waals surface area (Å²) in [7, 11) is 0. The number of carbonyl (C=O) groups is 1. The standard InChI is InChI=1S/C20H23F3N2O2/c1-19(2,18(24)26)25-12-11-14-5-9-17(10-6-14)27-13-15-3-7-16(8-4-15)20(21,22)23/h3-10,25H,11-13H2,1-2H3,(H2,24,26). The average Bonchev–Trinajstić information content (AvgIpc) is 2.60. The minimum atomic E-state index is -4.34. The van der Waals surface area contributed by atoms with Crippen molar-refractivity contribution in [2.24, 2.45) is 5.73 Å². The summed E-state index contributed by atoms with van der Waals surface area (Å²) >= 11 is 0. The van der Waals surface area contributed by atoms with E-state index in [9.17, 15) is 18.0 Å². The normalized spacial score (nSPS) is 12.0. The molecule has 146 valence electrons. The first-order valence-electron chi connectivity index (χ1n) is 8.51. The minimum absolute atomic E-state index is 0.186. The highest BCUT2D eigenvalue weighted by molar-refractivity contribution is 5.83. The van der Waals surface area contributed by atoms with Crippen LogP contribution in [0.4, 0.5) is 13.2 Å². The van der Waals surface area contributed by atoms with Gasteiger partial charge in [0.15, 0.2) is 0 Å². The van der Waals surface area contributed by atoms with Crippen molar-refractivity contribution < 1.29 is 22.7 Å². The van der Waals surface area contributed by atoms with E-state index in [0.29, 0.717) is 17.9 Å². The lowest BCUT2D eigenvalue weighted by Crippen LogP contribution is -2.51. The number of benzene rings is 2. The van der Waals surface area contributed by atoms with Crippen LogP contribution in [0.1, 0.15) is 30.5 Å². The van der Waals surface area contributed by atoms with E-state index in [-0.39, 0.29) is 6.61 Å². The van der Waals surface area contributed by atoms with Gasteiger partial charge in [0.25, 0.3) is 0 Å². The fraction of sp³-hybridized carbons (Fsp3) is 0.350. The van der Waals surface area contributed by atoms with Gasteiger partial charge in [-0.2, -0.15) is 13.2 Å². The Morgan fingerprint density at radius 1 is 1.00 bits per heavy atom. The Labute approximate surface area is 156 Å². The Morgan fingerprint density at radius 2 is 1.56 bits per heavy atom. The largest absolute Gasteiger partial charge is 0.489 e. The number of primary amides is 1. The second-order valence-corrected chi connectivity index (χ2v) is 6.79. The predicted molar refractivity (Wildman–Crippen MR) is 97.2 cm³/mol. The van der Waals surface area contributed by atoms with E-state index in [4.69, 9.17) is 10.5 Å². The van der Waals surface area contributed by atoms with Crippen LogP contribution in [0.2, 0.25) is 0 Å². The first-order chi connectivity index (χ1) is 12.6. The second-order valence-electron chi connectivity index (χ2n) is 6.79. The zero-order chi connectivity index (χ0) is 20.1. The van der Waals surface area contributed by atoms with Crippen molar-refractivity contribution in [3.05, 3.63) is 65.2 Å². The summed E-state index contributed by atoms with van der Waals surface area (Å²) in [6, 6.07) is 12.3. The maximum Gasteiger partial charge on any atom is 0.416 e. The molecule has 0 atom stereocenters. The van der Waals surface area contributed by atoms with Gasteiger partial charge in [-0.25, -0.2) is 0 Å². The molecule has 0 aromatic heterocycles. The van der Waals surface area contributed by atoms with Gasteiger partial charge in [-0.05, 0) is 55.7 Å². The van der Waals surface area contributed by atoms with Crippen LogP contribution in [0.25, 0.3) is 0 Å². The van der Waals surface area contributed by atoms with Crippen molar-refractivity contribution in [3.63, 3.8) is 0 Å². The second kappa shape index (κ2) is 8.43. The van der Waals surface area contributed by atoms with E-state index in [1.54, 1.807) is 26.0 Å². The molecule has 0 unspecified atom stereocenters. The summed E-state index contributed by atoms with van der Waals surface area (Å²) in [5, 5.41) is 3.10. The molecule has 2 rings (SSSR count). The van der Waals surface area contributed by atoms with E-state index in [2.05, 4.69) is 5.32 Å². The fourth-order valence-electron chi connectivity index (χ4n) is 2.32. The molecule has 2 aromatic carbocycles. The summed E-state index contributed by atoms with van der Waals surface area (Å²) in [5.74, 6) is 0.221. The zero-order valence-corrected chi connectivity index (χ0v) is 15.3. The summed E-state index contributed by atoms with van der Waals surface area (Å²) < 4.78 is 43.2. The van der Waals surface area contributed by atoms with Crippen LogP contribution in [-0.4, -0.2) is 18.0 Å². The highest BCUT2D eigenvalue weighted by Gasteiger charge is 2.29. The lowest BCUT2D eigenvalue weighted by atomic mass is 10.0. The van der Waals surface area contributed by atoms with Crippen LogP contribution in [0, 0.1) is 0 Å². The van der Waals surface area contributed by atoms with E-state index in [0.717, 1.165) is 24.1 Å². The van der Waals surface area contributed by atoms with Gasteiger partial charge in [-0.3, -0.25) is 4.79 Å². The Kier molecular flexibility index (Phi) is 6.49. The zero-order valence-electron chi connectivity index (χ0n) is 15.3. The third kappa shape index (κ3) is 6.29. The maximum atomic E-state index is 12.5. The summed E-state index contributed by atoms with van der Waals surface area (Å²) in [4.78, 5) is 11.3. The number of nitrogens with two attached hydrogens (primary N) is 1. The lowest BCUT2D eigenvalue weighted by Gasteiger charge is -2.22. The molecule has 27 heavy (non-hydrogen) atoms. The molecule has 4 nitrogen and oxygen atoms in total. The van der Waals surface area contributed by atoms with Crippen molar-refractivity contribution in [1.82, 2.24) is 5.32 Å². The van der Waals surface area contributed by atoms with Gasteiger partial charge in [0.2, 0.25) is 5.91 Å². The first kappa shape index (κ1) is 20.8. The van der Waals surface area contributed by atoms with Crippen LogP contribution in [0.15, 0.2) is 48.5 Å². The molecule has 0 aliphatic heterocycles. The maximum absolute atomic E-state index is 12.5. The SMILES string of the molecule is CC(C)(NCCc1ccc(OCc2ccc(C(F)(F)F)cc2)cc1)C(N)=O. The molecule has 0 spiro atoms.